The zero-order valence-electron chi connectivity index (χ0n) is 9.37. The highest BCUT2D eigenvalue weighted by Crippen LogP contribution is 2.15. The number of H-pyrrole nitrogens is 1. The monoisotopic (exact) mass is 298 g/mol. The van der Waals surface area contributed by atoms with E-state index in [0.29, 0.717) is 22.7 Å². The lowest BCUT2D eigenvalue weighted by atomic mass is 10.4. The maximum absolute atomic E-state index is 11.3. The van der Waals surface area contributed by atoms with Gasteiger partial charge in [0.05, 0.1) is 18.6 Å². The Bertz CT molecular complexity index is 571. The minimum Gasteiger partial charge on any atom is -0.444 e. The summed E-state index contributed by atoms with van der Waals surface area (Å²) in [5.74, 6) is 1.82. The van der Waals surface area contributed by atoms with Crippen molar-refractivity contribution < 1.29 is 4.42 Å². The van der Waals surface area contributed by atoms with Crippen LogP contribution in [0.1, 0.15) is 17.3 Å². The van der Waals surface area contributed by atoms with Crippen molar-refractivity contribution >= 4 is 21.7 Å². The first-order chi connectivity index (χ1) is 8.08. The molecular formula is C10H11BrN4O2. The van der Waals surface area contributed by atoms with E-state index >= 15 is 0 Å². The first-order valence-electron chi connectivity index (χ1n) is 4.98. The smallest absolute Gasteiger partial charge is 0.267 e. The molecule has 0 saturated heterocycles. The summed E-state index contributed by atoms with van der Waals surface area (Å²) in [5.41, 5.74) is 0.627. The number of anilines is 1. The molecule has 2 rings (SSSR count). The second kappa shape index (κ2) is 4.70. The van der Waals surface area contributed by atoms with Gasteiger partial charge in [-0.1, -0.05) is 0 Å². The van der Waals surface area contributed by atoms with Crippen LogP contribution >= 0.6 is 15.9 Å². The van der Waals surface area contributed by atoms with E-state index in [-0.39, 0.29) is 5.56 Å². The molecule has 0 atom stereocenters. The van der Waals surface area contributed by atoms with Gasteiger partial charge < -0.3 is 14.7 Å². The minimum atomic E-state index is -0.234. The Kier molecular flexibility index (Phi) is 3.28. The standard InChI is InChI=1S/C10H11BrN4O2/c1-5-6(2)17-7(15-5)3-12-9-8(11)10(16)14-4-13-9/h4H,3H2,1-2H3,(H2,12,13,14,16). The Balaban J connectivity index is 2.12. The molecule has 17 heavy (non-hydrogen) atoms. The topological polar surface area (TPSA) is 83.8 Å². The average Bonchev–Trinajstić information content (AvgIpc) is 2.61. The molecule has 0 unspecified atom stereocenters. The first kappa shape index (κ1) is 11.8. The predicted molar refractivity (Wildman–Crippen MR) is 65.9 cm³/mol. The molecule has 0 aliphatic heterocycles. The van der Waals surface area contributed by atoms with E-state index in [1.54, 1.807) is 0 Å². The molecule has 6 nitrogen and oxygen atoms in total. The van der Waals surface area contributed by atoms with Crippen LogP contribution in [0.3, 0.4) is 0 Å². The van der Waals surface area contributed by atoms with Crippen molar-refractivity contribution in [2.24, 2.45) is 0 Å². The van der Waals surface area contributed by atoms with E-state index in [4.69, 9.17) is 4.42 Å². The van der Waals surface area contributed by atoms with Gasteiger partial charge in [-0.2, -0.15) is 0 Å². The molecule has 2 aromatic rings. The fraction of sp³-hybridized carbons (Fsp3) is 0.300. The molecule has 0 aromatic carbocycles. The number of nitrogens with zero attached hydrogens (tertiary/aromatic N) is 2. The van der Waals surface area contributed by atoms with Crippen molar-refractivity contribution in [3.05, 3.63) is 38.5 Å². The van der Waals surface area contributed by atoms with Crippen LogP contribution in [-0.4, -0.2) is 15.0 Å². The second-order valence-electron chi connectivity index (χ2n) is 3.50. The van der Waals surface area contributed by atoms with Gasteiger partial charge in [-0.05, 0) is 29.8 Å². The van der Waals surface area contributed by atoms with E-state index in [1.165, 1.54) is 6.33 Å². The van der Waals surface area contributed by atoms with Crippen molar-refractivity contribution in [1.82, 2.24) is 15.0 Å². The van der Waals surface area contributed by atoms with E-state index in [0.717, 1.165) is 11.5 Å². The van der Waals surface area contributed by atoms with Crippen molar-refractivity contribution in [1.29, 1.82) is 0 Å². The van der Waals surface area contributed by atoms with E-state index in [1.807, 2.05) is 13.8 Å². The molecule has 0 fully saturated rings. The quantitative estimate of drug-likeness (QED) is 0.902. The van der Waals surface area contributed by atoms with Crippen LogP contribution in [0.15, 0.2) is 20.0 Å². The lowest BCUT2D eigenvalue weighted by molar-refractivity contribution is 0.478. The summed E-state index contributed by atoms with van der Waals surface area (Å²) in [6, 6.07) is 0. The van der Waals surface area contributed by atoms with Gasteiger partial charge in [0, 0.05) is 0 Å². The second-order valence-corrected chi connectivity index (χ2v) is 4.29. The average molecular weight is 299 g/mol. The van der Waals surface area contributed by atoms with Gasteiger partial charge in [0.25, 0.3) is 5.56 Å². The molecule has 2 heterocycles. The molecule has 0 aliphatic rings. The summed E-state index contributed by atoms with van der Waals surface area (Å²) in [5, 5.41) is 2.98. The highest BCUT2D eigenvalue weighted by atomic mass is 79.9. The van der Waals surface area contributed by atoms with Gasteiger partial charge in [0.1, 0.15) is 16.1 Å². The van der Waals surface area contributed by atoms with Gasteiger partial charge in [-0.15, -0.1) is 0 Å². The molecule has 90 valence electrons. The highest BCUT2D eigenvalue weighted by Gasteiger charge is 2.08. The summed E-state index contributed by atoms with van der Waals surface area (Å²) in [4.78, 5) is 22.0. The molecule has 0 radical (unpaired) electrons. The zero-order chi connectivity index (χ0) is 12.4. The molecule has 0 amide bonds. The SMILES string of the molecule is Cc1nc(CNc2nc[nH]c(=O)c2Br)oc1C. The van der Waals surface area contributed by atoms with Crippen LogP contribution in [0.4, 0.5) is 5.82 Å². The van der Waals surface area contributed by atoms with Crippen molar-refractivity contribution in [2.45, 2.75) is 20.4 Å². The lowest BCUT2D eigenvalue weighted by Gasteiger charge is -2.03. The molecule has 7 heteroatoms. The number of aromatic nitrogens is 3. The number of aromatic amines is 1. The normalized spacial score (nSPS) is 10.5. The van der Waals surface area contributed by atoms with Crippen molar-refractivity contribution in [3.63, 3.8) is 0 Å². The number of halogens is 1. The third-order valence-corrected chi connectivity index (χ3v) is 3.01. The van der Waals surface area contributed by atoms with E-state index < -0.39 is 0 Å². The summed E-state index contributed by atoms with van der Waals surface area (Å²) in [7, 11) is 0. The molecule has 2 aromatic heterocycles. The van der Waals surface area contributed by atoms with Gasteiger partial charge in [-0.3, -0.25) is 4.79 Å². The number of nitrogens with one attached hydrogen (secondary N) is 2. The molecule has 2 N–H and O–H groups in total. The zero-order valence-corrected chi connectivity index (χ0v) is 11.0. The molecule has 0 saturated carbocycles. The Labute approximate surface area is 106 Å². The Morgan fingerprint density at radius 1 is 1.53 bits per heavy atom. The number of hydrogen-bond acceptors (Lipinski definition) is 5. The largest absolute Gasteiger partial charge is 0.444 e. The summed E-state index contributed by atoms with van der Waals surface area (Å²) < 4.78 is 5.76. The third-order valence-electron chi connectivity index (χ3n) is 2.28. The third kappa shape index (κ3) is 2.55. The fourth-order valence-electron chi connectivity index (χ4n) is 1.28. The van der Waals surface area contributed by atoms with Crippen LogP contribution in [0.2, 0.25) is 0 Å². The fourth-order valence-corrected chi connectivity index (χ4v) is 1.64. The Hall–Kier alpha value is -1.63. The number of rotatable bonds is 3. The van der Waals surface area contributed by atoms with Gasteiger partial charge in [0.2, 0.25) is 5.89 Å². The highest BCUT2D eigenvalue weighted by molar-refractivity contribution is 9.10. The first-order valence-corrected chi connectivity index (χ1v) is 5.77. The van der Waals surface area contributed by atoms with Crippen LogP contribution < -0.4 is 10.9 Å². The summed E-state index contributed by atoms with van der Waals surface area (Å²) in [6.45, 7) is 4.11. The maximum Gasteiger partial charge on any atom is 0.267 e. The summed E-state index contributed by atoms with van der Waals surface area (Å²) in [6.07, 6.45) is 1.33. The van der Waals surface area contributed by atoms with Crippen LogP contribution in [-0.2, 0) is 6.54 Å². The van der Waals surface area contributed by atoms with Gasteiger partial charge in [0.15, 0.2) is 0 Å². The minimum absolute atomic E-state index is 0.234. The van der Waals surface area contributed by atoms with Crippen molar-refractivity contribution in [2.75, 3.05) is 5.32 Å². The van der Waals surface area contributed by atoms with Crippen LogP contribution in [0.5, 0.6) is 0 Å². The van der Waals surface area contributed by atoms with Crippen LogP contribution in [0, 0.1) is 13.8 Å². The number of aryl methyl sites for hydroxylation is 2. The van der Waals surface area contributed by atoms with Crippen molar-refractivity contribution in [3.8, 4) is 0 Å². The lowest BCUT2D eigenvalue weighted by Crippen LogP contribution is -2.12. The summed E-state index contributed by atoms with van der Waals surface area (Å²) >= 11 is 3.15. The number of hydrogen-bond donors (Lipinski definition) is 2. The maximum atomic E-state index is 11.3. The Morgan fingerprint density at radius 2 is 2.29 bits per heavy atom. The predicted octanol–water partition coefficient (Wildman–Crippen LogP) is 1.75. The van der Waals surface area contributed by atoms with Gasteiger partial charge in [-0.25, -0.2) is 9.97 Å². The van der Waals surface area contributed by atoms with Gasteiger partial charge >= 0.3 is 0 Å². The molecular weight excluding hydrogens is 288 g/mol. The molecule has 0 aliphatic carbocycles. The van der Waals surface area contributed by atoms with E-state index in [2.05, 4.69) is 36.2 Å². The Morgan fingerprint density at radius 3 is 2.94 bits per heavy atom. The molecule has 0 spiro atoms. The van der Waals surface area contributed by atoms with E-state index in [9.17, 15) is 4.79 Å². The molecule has 0 bridgehead atoms. The number of oxazole rings is 1. The van der Waals surface area contributed by atoms with Crippen LogP contribution in [0.25, 0.3) is 0 Å².